The van der Waals surface area contributed by atoms with Gasteiger partial charge in [0.2, 0.25) is 5.13 Å². The number of hydrogen-bond donors (Lipinski definition) is 1. The quantitative estimate of drug-likeness (QED) is 0.118. The van der Waals surface area contributed by atoms with E-state index in [0.29, 0.717) is 49.8 Å². The minimum atomic E-state index is -0.430. The molecule has 0 spiro atoms. The van der Waals surface area contributed by atoms with Crippen molar-refractivity contribution in [3.63, 3.8) is 0 Å². The van der Waals surface area contributed by atoms with Gasteiger partial charge in [0.1, 0.15) is 16.7 Å². The molecule has 3 rings (SSSR count). The number of amides is 1. The highest BCUT2D eigenvalue weighted by Gasteiger charge is 2.21. The average Bonchev–Trinajstić information content (AvgIpc) is 3.67. The first kappa shape index (κ1) is 28.2. The van der Waals surface area contributed by atoms with Crippen molar-refractivity contribution in [2.75, 3.05) is 12.4 Å². The predicted octanol–water partition coefficient (Wildman–Crippen LogP) is 6.71. The molecule has 38 heavy (non-hydrogen) atoms. The number of aliphatic imine (C=N–C) groups is 1. The molecule has 7 nitrogen and oxygen atoms in total. The molecule has 0 saturated heterocycles. The van der Waals surface area contributed by atoms with Gasteiger partial charge in [0.15, 0.2) is 10.8 Å². The van der Waals surface area contributed by atoms with E-state index < -0.39 is 5.91 Å². The summed E-state index contributed by atoms with van der Waals surface area (Å²) in [6, 6.07) is 5.03. The van der Waals surface area contributed by atoms with Crippen molar-refractivity contribution >= 4 is 50.5 Å². The summed E-state index contributed by atoms with van der Waals surface area (Å²) in [7, 11) is 1.46. The summed E-state index contributed by atoms with van der Waals surface area (Å²) < 4.78 is 11.2. The topological polar surface area (TPSA) is 85.7 Å². The number of nitrogens with zero attached hydrogens (tertiary/aromatic N) is 3. The van der Waals surface area contributed by atoms with E-state index in [9.17, 15) is 4.79 Å². The van der Waals surface area contributed by atoms with Crippen LogP contribution in [0, 0.1) is 17.8 Å². The zero-order valence-corrected chi connectivity index (χ0v) is 22.6. The number of nitrogens with one attached hydrogen (secondary N) is 1. The summed E-state index contributed by atoms with van der Waals surface area (Å²) in [6.45, 7) is 16.7. The van der Waals surface area contributed by atoms with Gasteiger partial charge in [0, 0.05) is 29.5 Å². The molecule has 0 bridgehead atoms. The van der Waals surface area contributed by atoms with E-state index in [1.807, 2.05) is 0 Å². The Hall–Kier alpha value is -4.37. The number of anilines is 1. The van der Waals surface area contributed by atoms with Gasteiger partial charge in [-0.2, -0.15) is 0 Å². The van der Waals surface area contributed by atoms with Crippen LogP contribution in [0.25, 0.3) is 11.3 Å². The molecule has 192 valence electrons. The molecule has 1 N–H and O–H groups in total. The van der Waals surface area contributed by atoms with Gasteiger partial charge in [-0.05, 0) is 48.6 Å². The first-order valence-corrected chi connectivity index (χ1v) is 12.5. The Kier molecular flexibility index (Phi) is 9.84. The van der Waals surface area contributed by atoms with Gasteiger partial charge in [-0.1, -0.05) is 66.6 Å². The standard InChI is InChI=1S/C29H25ClN4O3S/c1-7-18(4)37-24(8-2)21-13-14-22(23(16-21)19(5)25(36-6)17-31-26(30)9-3)28(35)32-29-34-33-27(38-29)15-12-20-10-11-20/h9,13-14,16-17,20H,1-3,5,10-11H2,4,6H3,(H,32,34,35)/b25-17+,31-26?. The monoisotopic (exact) mass is 544 g/mol. The first-order valence-electron chi connectivity index (χ1n) is 11.3. The number of hydrogen-bond acceptors (Lipinski definition) is 7. The van der Waals surface area contributed by atoms with Crippen molar-refractivity contribution in [2.45, 2.75) is 19.8 Å². The number of rotatable bonds is 10. The maximum Gasteiger partial charge on any atom is 0.258 e. The predicted molar refractivity (Wildman–Crippen MR) is 153 cm³/mol. The number of methoxy groups -OCH3 is 1. The number of ether oxygens (including phenoxy) is 2. The fourth-order valence-electron chi connectivity index (χ4n) is 2.96. The number of carbonyl (C=O) groups excluding carboxylic acids is 1. The highest BCUT2D eigenvalue weighted by Crippen LogP contribution is 2.31. The molecular weight excluding hydrogens is 520 g/mol. The third kappa shape index (κ3) is 7.57. The fourth-order valence-corrected chi connectivity index (χ4v) is 3.61. The maximum absolute atomic E-state index is 13.4. The largest absolute Gasteiger partial charge is 0.495 e. The van der Waals surface area contributed by atoms with Crippen molar-refractivity contribution in [1.29, 1.82) is 0 Å². The molecule has 1 fully saturated rings. The number of benzene rings is 1. The molecule has 1 aromatic carbocycles. The van der Waals surface area contributed by atoms with Crippen molar-refractivity contribution < 1.29 is 14.3 Å². The van der Waals surface area contributed by atoms with Crippen LogP contribution in [0.3, 0.4) is 0 Å². The van der Waals surface area contributed by atoms with Gasteiger partial charge in [0.25, 0.3) is 5.91 Å². The average molecular weight is 545 g/mol. The van der Waals surface area contributed by atoms with E-state index in [1.165, 1.54) is 30.7 Å². The third-order valence-corrected chi connectivity index (χ3v) is 6.12. The van der Waals surface area contributed by atoms with Crippen LogP contribution < -0.4 is 5.32 Å². The Labute approximate surface area is 231 Å². The second kappa shape index (κ2) is 13.3. The lowest BCUT2D eigenvalue weighted by Crippen LogP contribution is -2.15. The van der Waals surface area contributed by atoms with E-state index in [4.69, 9.17) is 21.1 Å². The normalized spacial score (nSPS) is 12.7. The summed E-state index contributed by atoms with van der Waals surface area (Å²) in [5.41, 5.74) is 7.10. The van der Waals surface area contributed by atoms with E-state index >= 15 is 0 Å². The molecule has 1 aliphatic carbocycles. The number of carbonyl (C=O) groups is 1. The Balaban J connectivity index is 2.01. The number of halogens is 1. The van der Waals surface area contributed by atoms with Crippen LogP contribution in [-0.4, -0.2) is 28.4 Å². The zero-order valence-electron chi connectivity index (χ0n) is 21.1. The zero-order chi connectivity index (χ0) is 27.7. The van der Waals surface area contributed by atoms with Gasteiger partial charge < -0.3 is 9.47 Å². The molecule has 1 heterocycles. The summed E-state index contributed by atoms with van der Waals surface area (Å²) in [5.74, 6) is 7.16. The molecule has 0 radical (unpaired) electrons. The van der Waals surface area contributed by atoms with Crippen LogP contribution in [0.15, 0.2) is 84.8 Å². The number of aromatic nitrogens is 2. The molecule has 0 unspecified atom stereocenters. The molecular formula is C29H25ClN4O3S. The second-order valence-corrected chi connectivity index (χ2v) is 9.21. The smallest absolute Gasteiger partial charge is 0.258 e. The summed E-state index contributed by atoms with van der Waals surface area (Å²) in [4.78, 5) is 17.4. The summed E-state index contributed by atoms with van der Waals surface area (Å²) in [5, 5.41) is 11.9. The molecule has 1 saturated carbocycles. The van der Waals surface area contributed by atoms with Gasteiger partial charge in [0.05, 0.1) is 13.3 Å². The van der Waals surface area contributed by atoms with Crippen LogP contribution in [0.5, 0.6) is 0 Å². The Morgan fingerprint density at radius 2 is 2.03 bits per heavy atom. The Morgan fingerprint density at radius 3 is 2.66 bits per heavy atom. The minimum Gasteiger partial charge on any atom is -0.495 e. The SMILES string of the molecule is C=C=C(C)OC(=C=C)c1ccc(C(=O)Nc2nnc(C#CC3CC3)s2)c(C(=C)/C(=C\N=C(Cl)C=C)OC)c1. The fraction of sp³-hybridized carbons (Fsp3) is 0.172. The van der Waals surface area contributed by atoms with Gasteiger partial charge in [-0.25, -0.2) is 4.99 Å². The Bertz CT molecular complexity index is 1510. The maximum atomic E-state index is 13.4. The van der Waals surface area contributed by atoms with Gasteiger partial charge in [-0.15, -0.1) is 10.2 Å². The molecule has 1 aliphatic rings. The molecule has 2 aromatic rings. The van der Waals surface area contributed by atoms with Crippen LogP contribution in [0.1, 0.15) is 46.3 Å². The van der Waals surface area contributed by atoms with Crippen molar-refractivity contribution in [1.82, 2.24) is 10.2 Å². The second-order valence-electron chi connectivity index (χ2n) is 7.84. The lowest BCUT2D eigenvalue weighted by molar-refractivity contribution is 0.102. The van der Waals surface area contributed by atoms with Crippen molar-refractivity contribution in [2.24, 2.45) is 10.9 Å². The van der Waals surface area contributed by atoms with Crippen LogP contribution in [0.2, 0.25) is 0 Å². The molecule has 0 aliphatic heterocycles. The first-order chi connectivity index (χ1) is 18.3. The van der Waals surface area contributed by atoms with Crippen molar-refractivity contribution in [3.05, 3.63) is 101 Å². The molecule has 1 amide bonds. The highest BCUT2D eigenvalue weighted by atomic mass is 35.5. The van der Waals surface area contributed by atoms with E-state index in [1.54, 1.807) is 25.1 Å². The van der Waals surface area contributed by atoms with Crippen LogP contribution in [-0.2, 0) is 9.47 Å². The molecule has 0 atom stereocenters. The van der Waals surface area contributed by atoms with Crippen molar-refractivity contribution in [3.8, 4) is 11.8 Å². The van der Waals surface area contributed by atoms with Gasteiger partial charge in [-0.3, -0.25) is 10.1 Å². The number of allylic oxidation sites excluding steroid dienone is 3. The highest BCUT2D eigenvalue weighted by molar-refractivity contribution is 7.15. The van der Waals surface area contributed by atoms with Crippen LogP contribution >= 0.6 is 22.9 Å². The molecule has 1 aromatic heterocycles. The van der Waals surface area contributed by atoms with E-state index in [0.717, 1.165) is 12.8 Å². The lowest BCUT2D eigenvalue weighted by atomic mass is 9.95. The Morgan fingerprint density at radius 1 is 1.26 bits per heavy atom. The summed E-state index contributed by atoms with van der Waals surface area (Å²) >= 11 is 7.15. The third-order valence-electron chi connectivity index (χ3n) is 5.11. The van der Waals surface area contributed by atoms with Crippen LogP contribution in [0.4, 0.5) is 5.13 Å². The minimum absolute atomic E-state index is 0.160. The summed E-state index contributed by atoms with van der Waals surface area (Å²) in [6.07, 6.45) is 4.99. The van der Waals surface area contributed by atoms with Gasteiger partial charge >= 0.3 is 0 Å². The lowest BCUT2D eigenvalue weighted by Gasteiger charge is -2.16. The van der Waals surface area contributed by atoms with E-state index in [2.05, 4.69) is 70.1 Å². The molecule has 9 heteroatoms. The van der Waals surface area contributed by atoms with E-state index in [-0.39, 0.29) is 10.9 Å².